The van der Waals surface area contributed by atoms with Crippen molar-refractivity contribution in [2.75, 3.05) is 17.3 Å². The van der Waals surface area contributed by atoms with Crippen LogP contribution in [0.5, 0.6) is 0 Å². The number of carboxylic acid groups (broad SMARTS) is 1. The van der Waals surface area contributed by atoms with Gasteiger partial charge < -0.3 is 5.11 Å². The molecular weight excluding hydrogens is 248 g/mol. The zero-order valence-corrected chi connectivity index (χ0v) is 10.8. The first-order valence-corrected chi connectivity index (χ1v) is 6.99. The van der Waals surface area contributed by atoms with E-state index in [4.69, 9.17) is 5.11 Å². The molecule has 0 radical (unpaired) electrons. The van der Waals surface area contributed by atoms with Gasteiger partial charge in [0.2, 0.25) is 5.16 Å². The smallest absolute Gasteiger partial charge is 0.313 e. The molecule has 0 saturated heterocycles. The molecule has 0 fully saturated rings. The fraction of sp³-hybridized carbons (Fsp3) is 0.750. The van der Waals surface area contributed by atoms with Crippen LogP contribution in [0, 0.1) is 0 Å². The van der Waals surface area contributed by atoms with Crippen molar-refractivity contribution < 1.29 is 9.90 Å². The third kappa shape index (κ3) is 4.01. The highest BCUT2D eigenvalue weighted by atomic mass is 32.2. The summed E-state index contributed by atoms with van der Waals surface area (Å²) in [6.07, 6.45) is 0. The average Bonchev–Trinajstić information content (AvgIpc) is 2.71. The minimum absolute atomic E-state index is 0.0198. The van der Waals surface area contributed by atoms with E-state index in [0.29, 0.717) is 5.16 Å². The fourth-order valence-corrected chi connectivity index (χ4v) is 2.46. The lowest BCUT2D eigenvalue weighted by Crippen LogP contribution is -2.12. The van der Waals surface area contributed by atoms with Crippen LogP contribution < -0.4 is 0 Å². The van der Waals surface area contributed by atoms with Gasteiger partial charge in [0.1, 0.15) is 0 Å². The van der Waals surface area contributed by atoms with Crippen LogP contribution in [-0.2, 0) is 4.79 Å². The van der Waals surface area contributed by atoms with Gasteiger partial charge in [0.05, 0.1) is 11.8 Å². The number of tetrazole rings is 1. The minimum Gasteiger partial charge on any atom is -0.481 e. The molecule has 1 aromatic rings. The van der Waals surface area contributed by atoms with Gasteiger partial charge in [-0.2, -0.15) is 11.8 Å². The molecule has 8 heteroatoms. The Labute approximate surface area is 102 Å². The van der Waals surface area contributed by atoms with Gasteiger partial charge in [-0.15, -0.1) is 5.10 Å². The first-order valence-electron chi connectivity index (χ1n) is 4.85. The second kappa shape index (κ2) is 6.74. The number of aliphatic carboxylic acids is 1. The van der Waals surface area contributed by atoms with Crippen LogP contribution in [0.15, 0.2) is 5.16 Å². The molecule has 0 aromatic carbocycles. The van der Waals surface area contributed by atoms with E-state index < -0.39 is 5.97 Å². The Morgan fingerprint density at radius 1 is 1.62 bits per heavy atom. The molecular formula is C8H14N4O2S2. The van der Waals surface area contributed by atoms with E-state index in [9.17, 15) is 4.79 Å². The summed E-state index contributed by atoms with van der Waals surface area (Å²) in [5.74, 6) is 1.08. The summed E-state index contributed by atoms with van der Waals surface area (Å²) in [4.78, 5) is 10.4. The molecule has 0 aliphatic heterocycles. The van der Waals surface area contributed by atoms with E-state index >= 15 is 0 Å². The lowest BCUT2D eigenvalue weighted by atomic mass is 10.4. The summed E-state index contributed by atoms with van der Waals surface area (Å²) in [5.41, 5.74) is 0. The molecule has 1 aromatic heterocycles. The number of hydrogen-bond acceptors (Lipinski definition) is 6. The molecule has 1 rings (SSSR count). The predicted octanol–water partition coefficient (Wildman–Crippen LogP) is 1.16. The molecule has 16 heavy (non-hydrogen) atoms. The van der Waals surface area contributed by atoms with E-state index in [0.717, 1.165) is 23.3 Å². The highest BCUT2D eigenvalue weighted by molar-refractivity contribution is 7.99. The third-order valence-corrected chi connectivity index (χ3v) is 3.81. The molecule has 1 atom stereocenters. The zero-order chi connectivity index (χ0) is 12.0. The molecule has 0 aliphatic rings. The molecule has 0 amide bonds. The summed E-state index contributed by atoms with van der Waals surface area (Å²) in [6, 6.07) is 0.177. The quantitative estimate of drug-likeness (QED) is 0.738. The van der Waals surface area contributed by atoms with E-state index in [-0.39, 0.29) is 11.8 Å². The van der Waals surface area contributed by atoms with Crippen LogP contribution in [0.4, 0.5) is 0 Å². The second-order valence-corrected chi connectivity index (χ2v) is 5.36. The van der Waals surface area contributed by atoms with Crippen LogP contribution in [0.25, 0.3) is 0 Å². The number of nitrogens with zero attached hydrogens (tertiary/aromatic N) is 4. The summed E-state index contributed by atoms with van der Waals surface area (Å²) < 4.78 is 1.68. The van der Waals surface area contributed by atoms with Gasteiger partial charge in [-0.1, -0.05) is 18.7 Å². The molecule has 90 valence electrons. The van der Waals surface area contributed by atoms with Gasteiger partial charge in [0.15, 0.2) is 0 Å². The molecule has 0 spiro atoms. The van der Waals surface area contributed by atoms with Crippen LogP contribution >= 0.6 is 23.5 Å². The lowest BCUT2D eigenvalue weighted by Gasteiger charge is -2.11. The van der Waals surface area contributed by atoms with Gasteiger partial charge >= 0.3 is 5.97 Å². The average molecular weight is 262 g/mol. The number of aromatic nitrogens is 4. The van der Waals surface area contributed by atoms with E-state index in [1.165, 1.54) is 0 Å². The maximum absolute atomic E-state index is 10.4. The summed E-state index contributed by atoms with van der Waals surface area (Å²) >= 11 is 2.95. The highest BCUT2D eigenvalue weighted by Crippen LogP contribution is 2.19. The molecule has 6 nitrogen and oxygen atoms in total. The van der Waals surface area contributed by atoms with Crippen molar-refractivity contribution >= 4 is 29.5 Å². The summed E-state index contributed by atoms with van der Waals surface area (Å²) in [6.45, 7) is 4.11. The van der Waals surface area contributed by atoms with Crippen LogP contribution in [0.1, 0.15) is 19.9 Å². The van der Waals surface area contributed by atoms with E-state index in [1.54, 1.807) is 16.4 Å². The molecule has 0 aliphatic carbocycles. The van der Waals surface area contributed by atoms with Crippen molar-refractivity contribution in [3.63, 3.8) is 0 Å². The van der Waals surface area contributed by atoms with Crippen molar-refractivity contribution in [3.8, 4) is 0 Å². The Morgan fingerprint density at radius 2 is 2.38 bits per heavy atom. The molecule has 0 bridgehead atoms. The Morgan fingerprint density at radius 3 is 3.00 bits per heavy atom. The van der Waals surface area contributed by atoms with Gasteiger partial charge in [-0.3, -0.25) is 4.79 Å². The molecule has 0 saturated carbocycles. The lowest BCUT2D eigenvalue weighted by molar-refractivity contribution is -0.133. The van der Waals surface area contributed by atoms with Crippen molar-refractivity contribution in [2.24, 2.45) is 0 Å². The first kappa shape index (κ1) is 13.3. The summed E-state index contributed by atoms with van der Waals surface area (Å²) in [5, 5.41) is 20.4. The summed E-state index contributed by atoms with van der Waals surface area (Å²) in [7, 11) is 0. The normalized spacial score (nSPS) is 12.6. The number of hydrogen-bond donors (Lipinski definition) is 1. The van der Waals surface area contributed by atoms with Crippen molar-refractivity contribution in [2.45, 2.75) is 25.0 Å². The van der Waals surface area contributed by atoms with Crippen molar-refractivity contribution in [1.82, 2.24) is 20.2 Å². The maximum Gasteiger partial charge on any atom is 0.313 e. The topological polar surface area (TPSA) is 80.9 Å². The van der Waals surface area contributed by atoms with E-state index in [2.05, 4.69) is 22.4 Å². The van der Waals surface area contributed by atoms with Crippen LogP contribution in [0.2, 0.25) is 0 Å². The highest BCUT2D eigenvalue weighted by Gasteiger charge is 2.14. The zero-order valence-electron chi connectivity index (χ0n) is 9.16. The van der Waals surface area contributed by atoms with Gasteiger partial charge in [0.25, 0.3) is 0 Å². The van der Waals surface area contributed by atoms with Crippen LogP contribution in [-0.4, -0.2) is 48.5 Å². The maximum atomic E-state index is 10.4. The Kier molecular flexibility index (Phi) is 5.61. The predicted molar refractivity (Wildman–Crippen MR) is 63.9 cm³/mol. The SMILES string of the molecule is CCSCC(C)n1nnnc1SCC(=O)O. The number of carbonyl (C=O) groups is 1. The molecule has 1 heterocycles. The monoisotopic (exact) mass is 262 g/mol. The van der Waals surface area contributed by atoms with Crippen molar-refractivity contribution in [1.29, 1.82) is 0 Å². The standard InChI is InChI=1S/C8H14N4O2S2/c1-3-15-4-6(2)12-8(9-10-11-12)16-5-7(13)14/h6H,3-5H2,1-2H3,(H,13,14). The number of thioether (sulfide) groups is 2. The first-order chi connectivity index (χ1) is 7.65. The Bertz CT molecular complexity index is 345. The van der Waals surface area contributed by atoms with Crippen molar-refractivity contribution in [3.05, 3.63) is 0 Å². The molecule has 1 N–H and O–H groups in total. The second-order valence-electron chi connectivity index (χ2n) is 3.10. The van der Waals surface area contributed by atoms with E-state index in [1.807, 2.05) is 6.92 Å². The van der Waals surface area contributed by atoms with Gasteiger partial charge in [-0.05, 0) is 23.1 Å². The number of rotatable bonds is 7. The Hall–Kier alpha value is -0.760. The Balaban J connectivity index is 2.58. The molecule has 1 unspecified atom stereocenters. The van der Waals surface area contributed by atoms with Gasteiger partial charge in [-0.25, -0.2) is 4.68 Å². The third-order valence-electron chi connectivity index (χ3n) is 1.77. The minimum atomic E-state index is -0.866. The van der Waals surface area contributed by atoms with Gasteiger partial charge in [0, 0.05) is 5.75 Å². The number of carboxylic acids is 1. The van der Waals surface area contributed by atoms with Crippen LogP contribution in [0.3, 0.4) is 0 Å². The largest absolute Gasteiger partial charge is 0.481 e. The fourth-order valence-electron chi connectivity index (χ4n) is 1.04.